The second kappa shape index (κ2) is 16.7. The molecule has 0 aliphatic rings. The summed E-state index contributed by atoms with van der Waals surface area (Å²) in [4.78, 5) is 0. The van der Waals surface area contributed by atoms with Crippen LogP contribution in [0.1, 0.15) is 54.2 Å². The fourth-order valence-electron chi connectivity index (χ4n) is 1.47. The van der Waals surface area contributed by atoms with Gasteiger partial charge in [0.25, 0.3) is 0 Å². The van der Waals surface area contributed by atoms with Crippen molar-refractivity contribution in [2.24, 2.45) is 0 Å². The maximum Gasteiger partial charge on any atom is 0.0758 e. The molecule has 0 saturated heterocycles. The Balaban J connectivity index is 5.37. The van der Waals surface area contributed by atoms with Crippen molar-refractivity contribution in [2.45, 2.75) is 58.2 Å². The molecule has 0 unspecified atom stereocenters. The van der Waals surface area contributed by atoms with Crippen molar-refractivity contribution in [3.8, 4) is 0 Å². The van der Waals surface area contributed by atoms with Crippen LogP contribution in [0.5, 0.6) is 0 Å². The van der Waals surface area contributed by atoms with Gasteiger partial charge in [-0.15, -0.1) is 0 Å². The monoisotopic (exact) mass is 322 g/mol. The highest BCUT2D eigenvalue weighted by Gasteiger charge is 1.93. The molecule has 0 fully saturated rings. The molecule has 23 heavy (non-hydrogen) atoms. The van der Waals surface area contributed by atoms with Crippen molar-refractivity contribution in [3.05, 3.63) is 72.8 Å². The van der Waals surface area contributed by atoms with Crippen molar-refractivity contribution in [2.75, 3.05) is 0 Å². The first-order valence-corrected chi connectivity index (χ1v) is 8.02. The van der Waals surface area contributed by atoms with Gasteiger partial charge in [-0.2, -0.15) is 0 Å². The van der Waals surface area contributed by atoms with E-state index in [0.717, 1.165) is 12.8 Å². The van der Waals surface area contributed by atoms with Crippen LogP contribution in [0, 0.1) is 0 Å². The fraction of sp³-hybridized carbons (Fsp3) is 0.429. The molecule has 0 rings (SSSR count). The van der Waals surface area contributed by atoms with Gasteiger partial charge < -0.3 is 10.2 Å². The van der Waals surface area contributed by atoms with E-state index in [2.05, 4.69) is 0 Å². The molecule has 0 radical (unpaired) electrons. The average Bonchev–Trinajstić information content (AvgIpc) is 2.72. The second-order valence-corrected chi connectivity index (χ2v) is 4.76. The lowest BCUT2D eigenvalue weighted by atomic mass is 10.2. The van der Waals surface area contributed by atoms with Gasteiger partial charge in [0, 0.05) is 0 Å². The Kier molecular flexibility index (Phi) is 9.27. The van der Waals surface area contributed by atoms with Gasteiger partial charge >= 0.3 is 0 Å². The van der Waals surface area contributed by atoms with Crippen molar-refractivity contribution in [1.29, 1.82) is 0 Å². The Morgan fingerprint density at radius 2 is 1.13 bits per heavy atom. The smallest absolute Gasteiger partial charge is 0.0758 e. The van der Waals surface area contributed by atoms with Gasteiger partial charge in [0.1, 0.15) is 0 Å². The van der Waals surface area contributed by atoms with E-state index in [1.54, 1.807) is 18.2 Å². The summed E-state index contributed by atoms with van der Waals surface area (Å²) < 4.78 is 47.2. The lowest BCUT2D eigenvalue weighted by molar-refractivity contribution is 0.226. The van der Waals surface area contributed by atoms with Crippen LogP contribution in [0.15, 0.2) is 72.8 Å². The molecule has 0 saturated carbocycles. The van der Waals surface area contributed by atoms with Crippen molar-refractivity contribution in [3.63, 3.8) is 0 Å². The summed E-state index contributed by atoms with van der Waals surface area (Å²) in [6, 6.07) is -3.89. The molecule has 0 spiro atoms. The normalized spacial score (nSPS) is 22.4. The lowest BCUT2D eigenvalue weighted by Crippen LogP contribution is -1.98. The molecule has 0 amide bonds. The molecule has 2 N–H and O–H groups in total. The van der Waals surface area contributed by atoms with Gasteiger partial charge in [-0.1, -0.05) is 86.6 Å². The van der Waals surface area contributed by atoms with Crippen molar-refractivity contribution in [1.82, 2.24) is 0 Å². The summed E-state index contributed by atoms with van der Waals surface area (Å²) in [6.07, 6.45) is 11.0. The van der Waals surface area contributed by atoms with Gasteiger partial charge in [0.2, 0.25) is 0 Å². The fourth-order valence-corrected chi connectivity index (χ4v) is 1.47. The number of allylic oxidation sites excluding steroid dienone is 8. The van der Waals surface area contributed by atoms with E-state index in [1.807, 2.05) is 32.1 Å². The zero-order valence-electron chi connectivity index (χ0n) is 20.0. The first-order valence-electron chi connectivity index (χ1n) is 11.0. The highest BCUT2D eigenvalue weighted by molar-refractivity contribution is 5.13. The molecule has 0 aliphatic heterocycles. The van der Waals surface area contributed by atoms with Crippen LogP contribution in [0.2, 0.25) is 0 Å². The minimum Gasteiger partial charge on any atom is -0.389 e. The summed E-state index contributed by atoms with van der Waals surface area (Å²) in [5.41, 5.74) is 0. The Morgan fingerprint density at radius 1 is 0.696 bits per heavy atom. The van der Waals surface area contributed by atoms with Crippen LogP contribution >= 0.6 is 0 Å². The van der Waals surface area contributed by atoms with E-state index < -0.39 is 48.5 Å². The molecule has 0 aliphatic carbocycles. The third-order valence-corrected chi connectivity index (χ3v) is 2.63. The predicted molar refractivity (Wildman–Crippen MR) is 101 cm³/mol. The Morgan fingerprint density at radius 3 is 1.65 bits per heavy atom. The molecule has 128 valence electrons. The van der Waals surface area contributed by atoms with E-state index in [4.69, 9.17) is 8.22 Å². The summed E-state index contributed by atoms with van der Waals surface area (Å²) in [5.74, 6) is 0. The van der Waals surface area contributed by atoms with E-state index in [9.17, 15) is 10.2 Å². The SMILES string of the molecule is [2H]C(=C([2H])/C([2H])=C(\[2H])[C@@H](O)C/C=C\C/C=C\CC)/C([2H])=C(\[2H])[C@@H](O)C/C=C\CC. The largest absolute Gasteiger partial charge is 0.389 e. The highest BCUT2D eigenvalue weighted by atomic mass is 16.3. The molecule has 2 atom stereocenters. The third-order valence-electron chi connectivity index (χ3n) is 2.63. The Bertz CT molecular complexity index is 689. The molecule has 2 heteroatoms. The van der Waals surface area contributed by atoms with Crippen LogP contribution < -0.4 is 0 Å². The predicted octanol–water partition coefficient (Wildman–Crippen LogP) is 5.04. The highest BCUT2D eigenvalue weighted by Crippen LogP contribution is 1.99. The molecule has 0 aromatic rings. The minimum absolute atomic E-state index is 0.0948. The maximum atomic E-state index is 10.0. The summed E-state index contributed by atoms with van der Waals surface area (Å²) in [7, 11) is 0. The van der Waals surface area contributed by atoms with Gasteiger partial charge in [-0.25, -0.2) is 0 Å². The zero-order chi connectivity index (χ0) is 22.4. The van der Waals surface area contributed by atoms with Crippen LogP contribution in [-0.2, 0) is 0 Å². The van der Waals surface area contributed by atoms with Crippen LogP contribution in [-0.4, -0.2) is 22.4 Å². The van der Waals surface area contributed by atoms with E-state index in [-0.39, 0.29) is 12.8 Å². The summed E-state index contributed by atoms with van der Waals surface area (Å²) >= 11 is 0. The molecule has 0 aromatic heterocycles. The van der Waals surface area contributed by atoms with E-state index in [1.165, 1.54) is 0 Å². The molecule has 0 aromatic carbocycles. The Labute approximate surface area is 150 Å². The second-order valence-electron chi connectivity index (χ2n) is 4.76. The molecular formula is C21H32O2. The molecular weight excluding hydrogens is 284 g/mol. The number of aliphatic hydroxyl groups is 2. The number of hydrogen-bond donors (Lipinski definition) is 2. The van der Waals surface area contributed by atoms with Gasteiger partial charge in [-0.05, 0) is 32.1 Å². The summed E-state index contributed by atoms with van der Waals surface area (Å²) in [5, 5.41) is 20.0. The lowest BCUT2D eigenvalue weighted by Gasteiger charge is -1.99. The minimum atomic E-state index is -1.31. The molecule has 2 nitrogen and oxygen atoms in total. The molecule has 0 bridgehead atoms. The van der Waals surface area contributed by atoms with Gasteiger partial charge in [0.05, 0.1) is 20.4 Å². The van der Waals surface area contributed by atoms with Crippen molar-refractivity contribution < 1.29 is 18.4 Å². The number of hydrogen-bond acceptors (Lipinski definition) is 2. The first-order chi connectivity index (χ1) is 13.7. The first kappa shape index (κ1) is 12.7. The topological polar surface area (TPSA) is 40.5 Å². The van der Waals surface area contributed by atoms with Crippen LogP contribution in [0.4, 0.5) is 0 Å². The van der Waals surface area contributed by atoms with Gasteiger partial charge in [-0.3, -0.25) is 0 Å². The quantitative estimate of drug-likeness (QED) is 0.390. The average molecular weight is 323 g/mol. The maximum absolute atomic E-state index is 10.0. The van der Waals surface area contributed by atoms with E-state index in [0.29, 0.717) is 6.42 Å². The standard InChI is InChI=1S/C21H32O2/c1-3-5-7-8-9-13-17-21(23)19-15-11-10-14-18-20(22)16-12-6-4-2/h5-7,9-15,18-23H,3-4,8,16-17H2,1-2H3/b7-5-,11-10-,12-6-,13-9-,18-14+,19-15+/t20-,21-/m0/s1/i10D,11D,14D,15D,18D,19D. The zero-order valence-corrected chi connectivity index (χ0v) is 14.0. The van der Waals surface area contributed by atoms with Crippen molar-refractivity contribution >= 4 is 0 Å². The van der Waals surface area contributed by atoms with E-state index >= 15 is 0 Å². The summed E-state index contributed by atoms with van der Waals surface area (Å²) in [6.45, 7) is 3.94. The number of aliphatic hydroxyl groups excluding tert-OH is 2. The van der Waals surface area contributed by atoms with Crippen LogP contribution in [0.25, 0.3) is 0 Å². The number of rotatable bonds is 12. The third kappa shape index (κ3) is 16.6. The van der Waals surface area contributed by atoms with Crippen LogP contribution in [0.3, 0.4) is 0 Å². The Hall–Kier alpha value is -1.64. The molecule has 0 heterocycles. The van der Waals surface area contributed by atoms with Gasteiger partial charge in [0.15, 0.2) is 0 Å².